The van der Waals surface area contributed by atoms with Crippen LogP contribution in [0.25, 0.3) is 56.0 Å². The van der Waals surface area contributed by atoms with Gasteiger partial charge in [0, 0.05) is 22.9 Å². The van der Waals surface area contributed by atoms with E-state index in [1.165, 1.54) is 12.3 Å². The Morgan fingerprint density at radius 3 is 2.56 bits per heavy atom. The van der Waals surface area contributed by atoms with Crippen LogP contribution in [0.2, 0.25) is 0 Å². The number of halogens is 1. The number of aromatic amines is 2. The van der Waals surface area contributed by atoms with Crippen LogP contribution in [0, 0.1) is 5.82 Å². The van der Waals surface area contributed by atoms with Crippen LogP contribution >= 0.6 is 0 Å². The van der Waals surface area contributed by atoms with Crippen molar-refractivity contribution in [2.75, 3.05) is 0 Å². The van der Waals surface area contributed by atoms with Gasteiger partial charge in [-0.25, -0.2) is 14.4 Å². The summed E-state index contributed by atoms with van der Waals surface area (Å²) in [6.07, 6.45) is 3.00. The van der Waals surface area contributed by atoms with Crippen molar-refractivity contribution in [3.63, 3.8) is 0 Å². The van der Waals surface area contributed by atoms with Gasteiger partial charge in [-0.1, -0.05) is 30.3 Å². The summed E-state index contributed by atoms with van der Waals surface area (Å²) in [6, 6.07) is 17.5. The number of nitrogens with zero attached hydrogens (tertiary/aromatic N) is 4. The number of H-pyrrole nitrogens is 2. The van der Waals surface area contributed by atoms with Crippen molar-refractivity contribution in [1.29, 1.82) is 0 Å². The third kappa shape index (κ3) is 2.89. The quantitative estimate of drug-likeness (QED) is 0.369. The van der Waals surface area contributed by atoms with E-state index < -0.39 is 0 Å². The zero-order chi connectivity index (χ0) is 21.7. The predicted molar refractivity (Wildman–Crippen MR) is 119 cm³/mol. The fourth-order valence-corrected chi connectivity index (χ4v) is 3.83. The molecule has 0 aliphatic heterocycles. The van der Waals surface area contributed by atoms with Crippen molar-refractivity contribution < 1.29 is 9.50 Å². The van der Waals surface area contributed by atoms with E-state index in [2.05, 4.69) is 20.2 Å². The molecule has 6 rings (SSSR count). The van der Waals surface area contributed by atoms with Gasteiger partial charge in [-0.15, -0.1) is 0 Å². The number of nitrogens with one attached hydrogen (secondary N) is 2. The maximum absolute atomic E-state index is 14.4. The molecule has 0 amide bonds. The molecule has 0 aliphatic carbocycles. The van der Waals surface area contributed by atoms with Crippen molar-refractivity contribution in [2.24, 2.45) is 0 Å². The molecular formula is C24H15FN6O. The van der Waals surface area contributed by atoms with Crippen molar-refractivity contribution in [3.8, 4) is 39.7 Å². The van der Waals surface area contributed by atoms with Crippen molar-refractivity contribution in [1.82, 2.24) is 30.1 Å². The van der Waals surface area contributed by atoms with Crippen LogP contribution in [0.1, 0.15) is 0 Å². The second kappa shape index (κ2) is 6.98. The lowest BCUT2D eigenvalue weighted by atomic mass is 10.0. The number of hydrogen-bond acceptors (Lipinski definition) is 5. The molecule has 0 atom stereocenters. The Balaban J connectivity index is 1.52. The number of para-hydroxylation sites is 1. The highest BCUT2D eigenvalue weighted by molar-refractivity contribution is 5.96. The molecule has 0 saturated heterocycles. The van der Waals surface area contributed by atoms with Crippen molar-refractivity contribution in [3.05, 3.63) is 78.9 Å². The molecule has 8 heteroatoms. The molecule has 4 aromatic heterocycles. The van der Waals surface area contributed by atoms with Crippen molar-refractivity contribution >= 4 is 22.1 Å². The largest absolute Gasteiger partial charge is 0.506 e. The molecule has 0 saturated carbocycles. The molecule has 0 bridgehead atoms. The molecule has 0 radical (unpaired) electrons. The van der Waals surface area contributed by atoms with Gasteiger partial charge in [0.25, 0.3) is 0 Å². The Morgan fingerprint density at radius 2 is 1.69 bits per heavy atom. The lowest BCUT2D eigenvalue weighted by Crippen LogP contribution is -1.88. The summed E-state index contributed by atoms with van der Waals surface area (Å²) in [5.41, 5.74) is 5.84. The molecule has 0 unspecified atom stereocenters. The van der Waals surface area contributed by atoms with Gasteiger partial charge in [0.1, 0.15) is 17.1 Å². The lowest BCUT2D eigenvalue weighted by Gasteiger charge is -2.03. The standard InChI is InChI=1S/C24H15FN6O/c25-17-6-2-1-4-15(17)16-5-3-7-19-21(16)29-24(28-19)23-22-20(30-31-23)9-8-18(27-22)13-10-14(32)12-26-11-13/h1-12,32H,(H,28,29)(H,30,31). The van der Waals surface area contributed by atoms with Crippen LogP contribution in [0.3, 0.4) is 0 Å². The number of hydrogen-bond donors (Lipinski definition) is 3. The van der Waals surface area contributed by atoms with Gasteiger partial charge < -0.3 is 10.1 Å². The molecular weight excluding hydrogens is 407 g/mol. The summed E-state index contributed by atoms with van der Waals surface area (Å²) in [5, 5.41) is 17.1. The predicted octanol–water partition coefficient (Wildman–Crippen LogP) is 5.07. The first-order valence-corrected chi connectivity index (χ1v) is 9.91. The summed E-state index contributed by atoms with van der Waals surface area (Å²) >= 11 is 0. The van der Waals surface area contributed by atoms with Gasteiger partial charge >= 0.3 is 0 Å². The van der Waals surface area contributed by atoms with E-state index in [9.17, 15) is 9.50 Å². The van der Waals surface area contributed by atoms with Crippen LogP contribution in [0.5, 0.6) is 5.75 Å². The number of aromatic nitrogens is 6. The number of aromatic hydroxyl groups is 1. The fraction of sp³-hybridized carbons (Fsp3) is 0. The zero-order valence-corrected chi connectivity index (χ0v) is 16.5. The topological polar surface area (TPSA) is 103 Å². The first-order valence-electron chi connectivity index (χ1n) is 9.91. The summed E-state index contributed by atoms with van der Waals surface area (Å²) in [6.45, 7) is 0. The van der Waals surface area contributed by atoms with E-state index in [0.717, 1.165) is 11.0 Å². The highest BCUT2D eigenvalue weighted by Gasteiger charge is 2.17. The molecule has 6 aromatic rings. The number of benzene rings is 2. The number of rotatable bonds is 3. The Kier molecular flexibility index (Phi) is 3.97. The fourth-order valence-electron chi connectivity index (χ4n) is 3.83. The average Bonchev–Trinajstić information content (AvgIpc) is 3.43. The second-order valence-corrected chi connectivity index (χ2v) is 7.36. The number of fused-ring (bicyclic) bond motifs is 2. The first-order chi connectivity index (χ1) is 15.7. The van der Waals surface area contributed by atoms with Crippen LogP contribution in [-0.2, 0) is 0 Å². The average molecular weight is 422 g/mol. The SMILES string of the molecule is Oc1cncc(-c2ccc3[nH]nc(-c4nc5c(-c6ccccc6F)cccc5[nH]4)c3n2)c1. The van der Waals surface area contributed by atoms with E-state index in [4.69, 9.17) is 9.97 Å². The highest BCUT2D eigenvalue weighted by atomic mass is 19.1. The first kappa shape index (κ1) is 18.2. The summed E-state index contributed by atoms with van der Waals surface area (Å²) in [7, 11) is 0. The van der Waals surface area contributed by atoms with Gasteiger partial charge in [-0.3, -0.25) is 10.1 Å². The summed E-state index contributed by atoms with van der Waals surface area (Å²) in [5.74, 6) is 0.282. The molecule has 0 fully saturated rings. The maximum Gasteiger partial charge on any atom is 0.161 e. The molecule has 0 spiro atoms. The molecule has 0 aliphatic rings. The van der Waals surface area contributed by atoms with Crippen LogP contribution in [-0.4, -0.2) is 35.2 Å². The lowest BCUT2D eigenvalue weighted by molar-refractivity contribution is 0.473. The molecule has 32 heavy (non-hydrogen) atoms. The minimum absolute atomic E-state index is 0.0646. The third-order valence-electron chi connectivity index (χ3n) is 5.33. The monoisotopic (exact) mass is 422 g/mol. The summed E-state index contributed by atoms with van der Waals surface area (Å²) in [4.78, 5) is 16.8. The zero-order valence-electron chi connectivity index (χ0n) is 16.5. The van der Waals surface area contributed by atoms with Gasteiger partial charge in [0.05, 0.1) is 28.4 Å². The van der Waals surface area contributed by atoms with E-state index in [1.807, 2.05) is 30.3 Å². The minimum Gasteiger partial charge on any atom is -0.506 e. The van der Waals surface area contributed by atoms with Crippen LogP contribution in [0.15, 0.2) is 73.1 Å². The van der Waals surface area contributed by atoms with E-state index in [1.54, 1.807) is 30.5 Å². The third-order valence-corrected chi connectivity index (χ3v) is 5.33. The van der Waals surface area contributed by atoms with Crippen LogP contribution in [0.4, 0.5) is 4.39 Å². The second-order valence-electron chi connectivity index (χ2n) is 7.36. The molecule has 7 nitrogen and oxygen atoms in total. The number of pyridine rings is 2. The maximum atomic E-state index is 14.4. The minimum atomic E-state index is -0.305. The molecule has 2 aromatic carbocycles. The Morgan fingerprint density at radius 1 is 0.812 bits per heavy atom. The molecule has 4 heterocycles. The smallest absolute Gasteiger partial charge is 0.161 e. The van der Waals surface area contributed by atoms with Gasteiger partial charge in [0.15, 0.2) is 11.5 Å². The van der Waals surface area contributed by atoms with Gasteiger partial charge in [0.2, 0.25) is 0 Å². The van der Waals surface area contributed by atoms with E-state index in [-0.39, 0.29) is 11.6 Å². The molecule has 3 N–H and O–H groups in total. The Labute approximate surface area is 180 Å². The Bertz CT molecular complexity index is 1620. The van der Waals surface area contributed by atoms with Crippen molar-refractivity contribution in [2.45, 2.75) is 0 Å². The van der Waals surface area contributed by atoms with E-state index in [0.29, 0.717) is 44.9 Å². The normalized spacial score (nSPS) is 11.4. The highest BCUT2D eigenvalue weighted by Crippen LogP contribution is 2.33. The molecule has 154 valence electrons. The van der Waals surface area contributed by atoms with Crippen LogP contribution < -0.4 is 0 Å². The summed E-state index contributed by atoms with van der Waals surface area (Å²) < 4.78 is 14.4. The van der Waals surface area contributed by atoms with Gasteiger partial charge in [-0.05, 0) is 30.3 Å². The number of imidazole rings is 1. The van der Waals surface area contributed by atoms with Gasteiger partial charge in [-0.2, -0.15) is 5.10 Å². The Hall–Kier alpha value is -4.59. The van der Waals surface area contributed by atoms with E-state index >= 15 is 0 Å².